The van der Waals surface area contributed by atoms with Crippen molar-refractivity contribution in [1.82, 2.24) is 10.2 Å². The zero-order valence-electron chi connectivity index (χ0n) is 11.8. The van der Waals surface area contributed by atoms with Crippen molar-refractivity contribution in [3.8, 4) is 0 Å². The molecule has 1 fully saturated rings. The molecule has 0 bridgehead atoms. The summed E-state index contributed by atoms with van der Waals surface area (Å²) < 4.78 is 0. The van der Waals surface area contributed by atoms with Gasteiger partial charge in [0, 0.05) is 12.6 Å². The Hall–Kier alpha value is -0.0800. The Balaban J connectivity index is 2.38. The Morgan fingerprint density at radius 1 is 1.31 bits per heavy atom. The fraction of sp³-hybridized carbons (Fsp3) is 1.00. The average Bonchev–Trinajstić information content (AvgIpc) is 2.28. The van der Waals surface area contributed by atoms with E-state index in [1.54, 1.807) is 0 Å². The van der Waals surface area contributed by atoms with E-state index < -0.39 is 0 Å². The van der Waals surface area contributed by atoms with Crippen LogP contribution in [0.1, 0.15) is 47.0 Å². The van der Waals surface area contributed by atoms with E-state index in [-0.39, 0.29) is 0 Å². The van der Waals surface area contributed by atoms with Crippen molar-refractivity contribution in [2.45, 2.75) is 53.0 Å². The first-order valence-electron chi connectivity index (χ1n) is 6.89. The monoisotopic (exact) mass is 226 g/mol. The Morgan fingerprint density at radius 2 is 1.88 bits per heavy atom. The summed E-state index contributed by atoms with van der Waals surface area (Å²) in [5.74, 6) is 0.987. The smallest absolute Gasteiger partial charge is 0.00991 e. The third-order valence-corrected chi connectivity index (χ3v) is 4.52. The van der Waals surface area contributed by atoms with Gasteiger partial charge in [0.25, 0.3) is 0 Å². The number of hydrogen-bond acceptors (Lipinski definition) is 2. The maximum atomic E-state index is 3.39. The Labute approximate surface area is 102 Å². The van der Waals surface area contributed by atoms with Crippen molar-refractivity contribution >= 4 is 0 Å². The highest BCUT2D eigenvalue weighted by Crippen LogP contribution is 2.26. The minimum Gasteiger partial charge on any atom is -0.317 e. The molecular formula is C14H30N2. The lowest BCUT2D eigenvalue weighted by Crippen LogP contribution is -2.47. The fourth-order valence-corrected chi connectivity index (χ4v) is 2.66. The second kappa shape index (κ2) is 6.02. The number of nitrogens with one attached hydrogen (secondary N) is 1. The van der Waals surface area contributed by atoms with Crippen molar-refractivity contribution in [2.24, 2.45) is 11.3 Å². The van der Waals surface area contributed by atoms with Crippen LogP contribution in [0.4, 0.5) is 0 Å². The van der Waals surface area contributed by atoms with Gasteiger partial charge < -0.3 is 10.2 Å². The summed E-state index contributed by atoms with van der Waals surface area (Å²) in [5.41, 5.74) is 0.369. The van der Waals surface area contributed by atoms with Gasteiger partial charge in [-0.25, -0.2) is 0 Å². The Bertz CT molecular complexity index is 193. The van der Waals surface area contributed by atoms with Crippen LogP contribution in [-0.4, -0.2) is 37.6 Å². The van der Waals surface area contributed by atoms with Gasteiger partial charge in [-0.15, -0.1) is 0 Å². The lowest BCUT2D eigenvalue weighted by Gasteiger charge is -2.40. The Kier molecular flexibility index (Phi) is 5.26. The molecule has 1 aliphatic rings. The van der Waals surface area contributed by atoms with Crippen LogP contribution in [0.15, 0.2) is 0 Å². The van der Waals surface area contributed by atoms with Crippen molar-refractivity contribution in [1.29, 1.82) is 0 Å². The van der Waals surface area contributed by atoms with Gasteiger partial charge in [-0.3, -0.25) is 0 Å². The van der Waals surface area contributed by atoms with Crippen LogP contribution < -0.4 is 5.32 Å². The van der Waals surface area contributed by atoms with Gasteiger partial charge in [-0.2, -0.15) is 0 Å². The summed E-state index contributed by atoms with van der Waals surface area (Å²) >= 11 is 0. The molecular weight excluding hydrogens is 196 g/mol. The summed E-state index contributed by atoms with van der Waals surface area (Å²) in [6, 6.07) is 0.580. The summed E-state index contributed by atoms with van der Waals surface area (Å²) in [4.78, 5) is 2.65. The van der Waals surface area contributed by atoms with Gasteiger partial charge in [0.2, 0.25) is 0 Å². The molecule has 1 unspecified atom stereocenters. The first kappa shape index (κ1) is 14.0. The van der Waals surface area contributed by atoms with Crippen LogP contribution in [-0.2, 0) is 0 Å². The maximum Gasteiger partial charge on any atom is 0.00991 e. The van der Waals surface area contributed by atoms with Gasteiger partial charge in [0.05, 0.1) is 0 Å². The standard InChI is InChI=1S/C14H30N2/c1-6-13-7-9-16(10-8-13)11-14(3,4)12(2)15-5/h12-13,15H,6-11H2,1-5H3. The minimum absolute atomic E-state index is 0.369. The van der Waals surface area contributed by atoms with E-state index in [2.05, 4.69) is 45.0 Å². The molecule has 0 aromatic heterocycles. The van der Waals surface area contributed by atoms with Crippen molar-refractivity contribution in [3.05, 3.63) is 0 Å². The highest BCUT2D eigenvalue weighted by Gasteiger charge is 2.29. The lowest BCUT2D eigenvalue weighted by molar-refractivity contribution is 0.108. The van der Waals surface area contributed by atoms with Crippen molar-refractivity contribution < 1.29 is 0 Å². The molecule has 2 heteroatoms. The zero-order chi connectivity index (χ0) is 12.2. The molecule has 1 atom stereocenters. The van der Waals surface area contributed by atoms with Gasteiger partial charge in [-0.1, -0.05) is 27.2 Å². The van der Waals surface area contributed by atoms with E-state index in [1.165, 1.54) is 38.9 Å². The van der Waals surface area contributed by atoms with E-state index in [4.69, 9.17) is 0 Å². The fourth-order valence-electron chi connectivity index (χ4n) is 2.66. The lowest BCUT2D eigenvalue weighted by atomic mass is 9.83. The van der Waals surface area contributed by atoms with E-state index in [1.807, 2.05) is 0 Å². The summed E-state index contributed by atoms with van der Waals surface area (Å²) in [6.45, 7) is 13.2. The van der Waals surface area contributed by atoms with Crippen molar-refractivity contribution in [2.75, 3.05) is 26.7 Å². The number of nitrogens with zero attached hydrogens (tertiary/aromatic N) is 1. The molecule has 1 heterocycles. The van der Waals surface area contributed by atoms with Crippen molar-refractivity contribution in [3.63, 3.8) is 0 Å². The molecule has 1 rings (SSSR count). The largest absolute Gasteiger partial charge is 0.317 e. The highest BCUT2D eigenvalue weighted by molar-refractivity contribution is 4.84. The van der Waals surface area contributed by atoms with Crippen LogP contribution in [0.25, 0.3) is 0 Å². The third kappa shape index (κ3) is 3.74. The maximum absolute atomic E-state index is 3.39. The molecule has 0 radical (unpaired) electrons. The summed E-state index contributed by atoms with van der Waals surface area (Å²) in [5, 5.41) is 3.39. The first-order chi connectivity index (χ1) is 7.49. The van der Waals surface area contributed by atoms with Crippen LogP contribution in [0.5, 0.6) is 0 Å². The van der Waals surface area contributed by atoms with Crippen LogP contribution >= 0.6 is 0 Å². The number of piperidine rings is 1. The first-order valence-corrected chi connectivity index (χ1v) is 6.89. The van der Waals surface area contributed by atoms with Crippen LogP contribution in [0.2, 0.25) is 0 Å². The molecule has 0 aromatic carbocycles. The van der Waals surface area contributed by atoms with Crippen LogP contribution in [0, 0.1) is 11.3 Å². The average molecular weight is 226 g/mol. The van der Waals surface area contributed by atoms with E-state index in [0.29, 0.717) is 11.5 Å². The summed E-state index contributed by atoms with van der Waals surface area (Å²) in [7, 11) is 2.07. The molecule has 0 saturated carbocycles. The molecule has 0 aliphatic carbocycles. The number of rotatable bonds is 5. The van der Waals surface area contributed by atoms with Gasteiger partial charge >= 0.3 is 0 Å². The molecule has 1 saturated heterocycles. The predicted octanol–water partition coefficient (Wildman–Crippen LogP) is 2.74. The molecule has 0 amide bonds. The van der Waals surface area contributed by atoms with Gasteiger partial charge in [-0.05, 0) is 51.2 Å². The quantitative estimate of drug-likeness (QED) is 0.775. The molecule has 1 N–H and O–H groups in total. The topological polar surface area (TPSA) is 15.3 Å². The van der Waals surface area contributed by atoms with Gasteiger partial charge in [0.1, 0.15) is 0 Å². The third-order valence-electron chi connectivity index (χ3n) is 4.52. The number of hydrogen-bond donors (Lipinski definition) is 1. The zero-order valence-corrected chi connectivity index (χ0v) is 11.8. The second-order valence-electron chi connectivity index (χ2n) is 6.13. The molecule has 0 aromatic rings. The molecule has 16 heavy (non-hydrogen) atoms. The molecule has 0 spiro atoms. The molecule has 1 aliphatic heterocycles. The molecule has 96 valence electrons. The Morgan fingerprint density at radius 3 is 2.31 bits per heavy atom. The predicted molar refractivity (Wildman–Crippen MR) is 71.8 cm³/mol. The second-order valence-corrected chi connectivity index (χ2v) is 6.13. The SMILES string of the molecule is CCC1CCN(CC(C)(C)C(C)NC)CC1. The highest BCUT2D eigenvalue weighted by atomic mass is 15.1. The van der Waals surface area contributed by atoms with Gasteiger partial charge in [0.15, 0.2) is 0 Å². The van der Waals surface area contributed by atoms with Crippen LogP contribution in [0.3, 0.4) is 0 Å². The molecule has 2 nitrogen and oxygen atoms in total. The van der Waals surface area contributed by atoms with E-state index in [9.17, 15) is 0 Å². The van der Waals surface area contributed by atoms with E-state index in [0.717, 1.165) is 5.92 Å². The number of likely N-dealkylation sites (tertiary alicyclic amines) is 1. The summed E-state index contributed by atoms with van der Waals surface area (Å²) in [6.07, 6.45) is 4.17. The minimum atomic E-state index is 0.369. The van der Waals surface area contributed by atoms with E-state index >= 15 is 0 Å². The normalized spacial score (nSPS) is 22.3.